The minimum atomic E-state index is -0.866. The second-order valence-corrected chi connectivity index (χ2v) is 4.55. The highest BCUT2D eigenvalue weighted by Gasteiger charge is 2.26. The van der Waals surface area contributed by atoms with Crippen molar-refractivity contribution >= 4 is 17.3 Å². The van der Waals surface area contributed by atoms with Crippen LogP contribution < -0.4 is 5.32 Å². The fourth-order valence-electron chi connectivity index (χ4n) is 2.17. The number of amides is 1. The Morgan fingerprint density at radius 2 is 2.26 bits per heavy atom. The number of hydrogen-bond acceptors (Lipinski definition) is 4. The summed E-state index contributed by atoms with van der Waals surface area (Å²) in [4.78, 5) is 23.0. The van der Waals surface area contributed by atoms with E-state index in [9.17, 15) is 19.3 Å². The molecule has 1 aromatic carbocycles. The van der Waals surface area contributed by atoms with Gasteiger partial charge in [0.25, 0.3) is 0 Å². The molecule has 1 unspecified atom stereocenters. The number of likely N-dealkylation sites (N-methyl/N-ethyl adjacent to an activating group) is 1. The first-order valence-corrected chi connectivity index (χ1v) is 5.92. The molecule has 0 spiro atoms. The minimum Gasteiger partial charge on any atom is -0.375 e. The molecule has 0 aliphatic carbocycles. The number of piperidine rings is 1. The standard InChI is InChI=1S/C12H14FN3O3/c1-15-7-8(5-6-11(15)17)14-10-4-2-3-9(13)12(10)16(18)19/h2-4,8,14H,5-7H2,1H3. The Kier molecular flexibility index (Phi) is 3.64. The van der Waals surface area contributed by atoms with E-state index in [1.54, 1.807) is 11.9 Å². The first kappa shape index (κ1) is 13.3. The van der Waals surface area contributed by atoms with Crippen molar-refractivity contribution < 1.29 is 14.1 Å². The van der Waals surface area contributed by atoms with E-state index in [0.717, 1.165) is 6.07 Å². The predicted octanol–water partition coefficient (Wildman–Crippen LogP) is 1.77. The molecule has 0 bridgehead atoms. The molecule has 1 fully saturated rings. The number of benzene rings is 1. The summed E-state index contributed by atoms with van der Waals surface area (Å²) in [6, 6.07) is 3.84. The predicted molar refractivity (Wildman–Crippen MR) is 67.3 cm³/mol. The first-order chi connectivity index (χ1) is 8.99. The number of carbonyl (C=O) groups excluding carboxylic acids is 1. The lowest BCUT2D eigenvalue weighted by atomic mass is 10.1. The van der Waals surface area contributed by atoms with Gasteiger partial charge in [0.2, 0.25) is 11.7 Å². The van der Waals surface area contributed by atoms with E-state index in [1.807, 2.05) is 0 Å². The van der Waals surface area contributed by atoms with E-state index in [1.165, 1.54) is 12.1 Å². The van der Waals surface area contributed by atoms with Crippen LogP contribution in [0.3, 0.4) is 0 Å². The Hall–Kier alpha value is -2.18. The van der Waals surface area contributed by atoms with Crippen molar-refractivity contribution in [2.45, 2.75) is 18.9 Å². The summed E-state index contributed by atoms with van der Waals surface area (Å²) in [5.41, 5.74) is -0.403. The normalized spacial score (nSPS) is 19.4. The Labute approximate surface area is 109 Å². The summed E-state index contributed by atoms with van der Waals surface area (Å²) in [6.45, 7) is 0.451. The highest BCUT2D eigenvalue weighted by atomic mass is 19.1. The molecule has 0 aromatic heterocycles. The molecule has 6 nitrogen and oxygen atoms in total. The van der Waals surface area contributed by atoms with Gasteiger partial charge in [0.1, 0.15) is 5.69 Å². The van der Waals surface area contributed by atoms with Crippen molar-refractivity contribution in [2.24, 2.45) is 0 Å². The van der Waals surface area contributed by atoms with Gasteiger partial charge in [-0.25, -0.2) is 0 Å². The van der Waals surface area contributed by atoms with Crippen LogP contribution in [0.15, 0.2) is 18.2 Å². The molecule has 1 saturated heterocycles. The highest BCUT2D eigenvalue weighted by molar-refractivity contribution is 5.77. The quantitative estimate of drug-likeness (QED) is 0.669. The number of nitrogens with one attached hydrogen (secondary N) is 1. The number of rotatable bonds is 3. The maximum Gasteiger partial charge on any atom is 0.327 e. The monoisotopic (exact) mass is 267 g/mol. The molecular formula is C12H14FN3O3. The van der Waals surface area contributed by atoms with Crippen LogP contribution in [0.25, 0.3) is 0 Å². The van der Waals surface area contributed by atoms with Gasteiger partial charge in [-0.2, -0.15) is 4.39 Å². The zero-order valence-corrected chi connectivity index (χ0v) is 10.4. The van der Waals surface area contributed by atoms with E-state index in [0.29, 0.717) is 19.4 Å². The number of likely N-dealkylation sites (tertiary alicyclic amines) is 1. The van der Waals surface area contributed by atoms with Gasteiger partial charge in [-0.15, -0.1) is 0 Å². The van der Waals surface area contributed by atoms with Crippen molar-refractivity contribution in [3.63, 3.8) is 0 Å². The van der Waals surface area contributed by atoms with Crippen molar-refractivity contribution in [1.82, 2.24) is 4.90 Å². The second kappa shape index (κ2) is 5.21. The number of nitro groups is 1. The van der Waals surface area contributed by atoms with Gasteiger partial charge in [-0.05, 0) is 18.6 Å². The van der Waals surface area contributed by atoms with Gasteiger partial charge in [0.05, 0.1) is 4.92 Å². The van der Waals surface area contributed by atoms with Crippen LogP contribution in [0, 0.1) is 15.9 Å². The highest BCUT2D eigenvalue weighted by Crippen LogP contribution is 2.28. The number of carbonyl (C=O) groups is 1. The van der Waals surface area contributed by atoms with Crippen LogP contribution >= 0.6 is 0 Å². The minimum absolute atomic E-state index is 0.0480. The molecule has 1 aliphatic heterocycles. The van der Waals surface area contributed by atoms with Crippen molar-refractivity contribution in [3.05, 3.63) is 34.1 Å². The van der Waals surface area contributed by atoms with Crippen LogP contribution in [0.1, 0.15) is 12.8 Å². The average molecular weight is 267 g/mol. The number of hydrogen-bond donors (Lipinski definition) is 1. The smallest absolute Gasteiger partial charge is 0.327 e. The maximum absolute atomic E-state index is 13.4. The molecule has 1 aromatic rings. The molecule has 0 radical (unpaired) electrons. The summed E-state index contributed by atoms with van der Waals surface area (Å²) in [5.74, 6) is -0.818. The Morgan fingerprint density at radius 3 is 2.89 bits per heavy atom. The van der Waals surface area contributed by atoms with E-state index in [-0.39, 0.29) is 17.6 Å². The molecular weight excluding hydrogens is 253 g/mol. The average Bonchev–Trinajstić information content (AvgIpc) is 2.33. The zero-order chi connectivity index (χ0) is 14.0. The molecule has 7 heteroatoms. The SMILES string of the molecule is CN1CC(Nc2cccc(F)c2[N+](=O)[O-])CCC1=O. The number of halogens is 1. The number of nitrogens with zero attached hydrogens (tertiary/aromatic N) is 2. The lowest BCUT2D eigenvalue weighted by molar-refractivity contribution is -0.386. The van der Waals surface area contributed by atoms with Gasteiger partial charge >= 0.3 is 5.69 Å². The van der Waals surface area contributed by atoms with E-state index < -0.39 is 16.4 Å². The van der Waals surface area contributed by atoms with Crippen LogP contribution in [0.2, 0.25) is 0 Å². The molecule has 1 N–H and O–H groups in total. The van der Waals surface area contributed by atoms with Crippen molar-refractivity contribution in [2.75, 3.05) is 18.9 Å². The second-order valence-electron chi connectivity index (χ2n) is 4.55. The Bertz CT molecular complexity index is 521. The summed E-state index contributed by atoms with van der Waals surface area (Å²) in [5, 5.41) is 13.8. The molecule has 1 aliphatic rings. The maximum atomic E-state index is 13.4. The molecule has 2 rings (SSSR count). The van der Waals surface area contributed by atoms with Gasteiger partial charge in [0.15, 0.2) is 0 Å². The summed E-state index contributed by atoms with van der Waals surface area (Å²) >= 11 is 0. The summed E-state index contributed by atoms with van der Waals surface area (Å²) in [7, 11) is 1.68. The molecule has 1 amide bonds. The lowest BCUT2D eigenvalue weighted by Gasteiger charge is -2.30. The van der Waals surface area contributed by atoms with E-state index in [2.05, 4.69) is 5.32 Å². The first-order valence-electron chi connectivity index (χ1n) is 5.92. The third-order valence-electron chi connectivity index (χ3n) is 3.16. The Morgan fingerprint density at radius 1 is 1.53 bits per heavy atom. The van der Waals surface area contributed by atoms with Crippen LogP contribution in [0.5, 0.6) is 0 Å². The molecule has 19 heavy (non-hydrogen) atoms. The van der Waals surface area contributed by atoms with Crippen LogP contribution in [-0.2, 0) is 4.79 Å². The van der Waals surface area contributed by atoms with Crippen molar-refractivity contribution in [1.29, 1.82) is 0 Å². The lowest BCUT2D eigenvalue weighted by Crippen LogP contribution is -2.43. The number of nitro benzene ring substituents is 1. The van der Waals surface area contributed by atoms with Gasteiger partial charge in [-0.3, -0.25) is 14.9 Å². The third kappa shape index (κ3) is 2.81. The number of para-hydroxylation sites is 1. The molecule has 1 heterocycles. The molecule has 102 valence electrons. The third-order valence-corrected chi connectivity index (χ3v) is 3.16. The topological polar surface area (TPSA) is 75.5 Å². The number of anilines is 1. The largest absolute Gasteiger partial charge is 0.375 e. The van der Waals surface area contributed by atoms with Crippen molar-refractivity contribution in [3.8, 4) is 0 Å². The Balaban J connectivity index is 2.18. The molecule has 0 saturated carbocycles. The zero-order valence-electron chi connectivity index (χ0n) is 10.4. The molecule has 1 atom stereocenters. The van der Waals surface area contributed by atoms with E-state index in [4.69, 9.17) is 0 Å². The fraction of sp³-hybridized carbons (Fsp3) is 0.417. The summed E-state index contributed by atoms with van der Waals surface area (Å²) < 4.78 is 13.4. The fourth-order valence-corrected chi connectivity index (χ4v) is 2.17. The van der Waals surface area contributed by atoms with Gasteiger partial charge in [0, 0.05) is 26.1 Å². The van der Waals surface area contributed by atoms with E-state index >= 15 is 0 Å². The van der Waals surface area contributed by atoms with Crippen LogP contribution in [-0.4, -0.2) is 35.4 Å². The summed E-state index contributed by atoms with van der Waals surface area (Å²) in [6.07, 6.45) is 0.966. The van der Waals surface area contributed by atoms with Gasteiger partial charge < -0.3 is 10.2 Å². The van der Waals surface area contributed by atoms with Gasteiger partial charge in [-0.1, -0.05) is 6.07 Å². The van der Waals surface area contributed by atoms with Crippen LogP contribution in [0.4, 0.5) is 15.8 Å².